The predicted octanol–water partition coefficient (Wildman–Crippen LogP) is 3.16. The van der Waals surface area contributed by atoms with Gasteiger partial charge in [0.05, 0.1) is 5.69 Å². The van der Waals surface area contributed by atoms with Crippen molar-refractivity contribution in [2.75, 3.05) is 5.32 Å². The highest BCUT2D eigenvalue weighted by Gasteiger charge is 2.76. The van der Waals surface area contributed by atoms with Gasteiger partial charge in [-0.15, -0.1) is 0 Å². The van der Waals surface area contributed by atoms with Crippen LogP contribution in [0.4, 0.5) is 36.4 Å². The van der Waals surface area contributed by atoms with Crippen molar-refractivity contribution >= 4 is 11.6 Å². The Morgan fingerprint density at radius 3 is 1.95 bits per heavy atom. The molecular formula is C10H6F7NO2. The topological polar surface area (TPSA) is 49.3 Å². The molecule has 0 fully saturated rings. The Balaban J connectivity index is 3.05. The maximum atomic E-state index is 12.9. The van der Waals surface area contributed by atoms with Gasteiger partial charge in [-0.2, -0.15) is 30.7 Å². The van der Waals surface area contributed by atoms with E-state index in [9.17, 15) is 35.5 Å². The van der Waals surface area contributed by atoms with Gasteiger partial charge in [0.2, 0.25) is 0 Å². The van der Waals surface area contributed by atoms with E-state index in [0.717, 1.165) is 23.5 Å². The zero-order valence-electron chi connectivity index (χ0n) is 9.31. The lowest BCUT2D eigenvalue weighted by molar-refractivity contribution is -0.343. The Morgan fingerprint density at radius 1 is 1.00 bits per heavy atom. The van der Waals surface area contributed by atoms with Crippen molar-refractivity contribution in [1.82, 2.24) is 0 Å². The standard InChI is InChI=1S/C10H6F7NO2/c11-8(12,9(13,14)10(15,16)17)7(20)18-5-3-1-2-4-6(5)19/h1-4,19H,(H,18,20). The largest absolute Gasteiger partial charge is 0.506 e. The second-order valence-electron chi connectivity index (χ2n) is 3.62. The second kappa shape index (κ2) is 4.84. The highest BCUT2D eigenvalue weighted by atomic mass is 19.4. The highest BCUT2D eigenvalue weighted by molar-refractivity contribution is 5.98. The number of benzene rings is 1. The van der Waals surface area contributed by atoms with Gasteiger partial charge in [-0.3, -0.25) is 4.79 Å². The maximum absolute atomic E-state index is 12.9. The number of para-hydroxylation sites is 2. The normalized spacial score (nSPS) is 13.2. The molecule has 0 radical (unpaired) electrons. The Hall–Kier alpha value is -2.00. The summed E-state index contributed by atoms with van der Waals surface area (Å²) in [5.41, 5.74) is -0.727. The lowest BCUT2D eigenvalue weighted by Crippen LogP contribution is -2.57. The molecule has 1 aromatic carbocycles. The van der Waals surface area contributed by atoms with Gasteiger partial charge >= 0.3 is 23.9 Å². The number of amides is 1. The fourth-order valence-corrected chi connectivity index (χ4v) is 1.10. The molecule has 1 amide bonds. The summed E-state index contributed by atoms with van der Waals surface area (Å²) in [5.74, 6) is -16.2. The zero-order chi connectivity index (χ0) is 15.8. The van der Waals surface area contributed by atoms with Crippen LogP contribution in [0.3, 0.4) is 0 Å². The van der Waals surface area contributed by atoms with E-state index in [4.69, 9.17) is 5.11 Å². The molecule has 20 heavy (non-hydrogen) atoms. The van der Waals surface area contributed by atoms with Crippen molar-refractivity contribution in [3.8, 4) is 5.75 Å². The number of aromatic hydroxyl groups is 1. The van der Waals surface area contributed by atoms with Gasteiger partial charge in [-0.05, 0) is 12.1 Å². The number of nitrogens with one attached hydrogen (secondary N) is 1. The molecule has 0 unspecified atom stereocenters. The third-order valence-corrected chi connectivity index (χ3v) is 2.19. The van der Waals surface area contributed by atoms with Crippen LogP contribution in [0.2, 0.25) is 0 Å². The number of hydrogen-bond acceptors (Lipinski definition) is 2. The minimum Gasteiger partial charge on any atom is -0.506 e. The quantitative estimate of drug-likeness (QED) is 0.666. The summed E-state index contributed by atoms with van der Waals surface area (Å²) in [6.45, 7) is 0. The molecule has 10 heteroatoms. The van der Waals surface area contributed by atoms with Crippen LogP contribution in [0.25, 0.3) is 0 Å². The molecule has 0 saturated heterocycles. The van der Waals surface area contributed by atoms with E-state index in [1.54, 1.807) is 0 Å². The Morgan fingerprint density at radius 2 is 1.50 bits per heavy atom. The predicted molar refractivity (Wildman–Crippen MR) is 52.7 cm³/mol. The van der Waals surface area contributed by atoms with Crippen LogP contribution in [0.1, 0.15) is 0 Å². The van der Waals surface area contributed by atoms with E-state index in [1.165, 1.54) is 6.07 Å². The lowest BCUT2D eigenvalue weighted by atomic mass is 10.1. The van der Waals surface area contributed by atoms with Crippen LogP contribution < -0.4 is 5.32 Å². The van der Waals surface area contributed by atoms with E-state index in [0.29, 0.717) is 0 Å². The Bertz CT molecular complexity index is 513. The molecule has 2 N–H and O–H groups in total. The number of carbonyl (C=O) groups excluding carboxylic acids is 1. The minimum absolute atomic E-state index is 0.727. The monoisotopic (exact) mass is 305 g/mol. The number of carbonyl (C=O) groups is 1. The number of halogens is 7. The molecule has 0 aromatic heterocycles. The Labute approximate surface area is 107 Å². The van der Waals surface area contributed by atoms with Crippen LogP contribution in [0, 0.1) is 0 Å². The van der Waals surface area contributed by atoms with Crippen LogP contribution in [-0.4, -0.2) is 29.0 Å². The molecule has 0 saturated carbocycles. The first-order valence-electron chi connectivity index (χ1n) is 4.83. The smallest absolute Gasteiger partial charge is 0.460 e. The average molecular weight is 305 g/mol. The highest BCUT2D eigenvalue weighted by Crippen LogP contribution is 2.47. The molecule has 0 aliphatic rings. The molecule has 0 atom stereocenters. The number of phenols is 1. The van der Waals surface area contributed by atoms with Crippen molar-refractivity contribution < 1.29 is 40.6 Å². The van der Waals surface area contributed by atoms with Crippen molar-refractivity contribution in [1.29, 1.82) is 0 Å². The minimum atomic E-state index is -6.60. The summed E-state index contributed by atoms with van der Waals surface area (Å²) in [6.07, 6.45) is -6.60. The first-order chi connectivity index (χ1) is 8.91. The van der Waals surface area contributed by atoms with Gasteiger partial charge in [0, 0.05) is 0 Å². The van der Waals surface area contributed by atoms with Crippen LogP contribution in [0.15, 0.2) is 24.3 Å². The number of hydrogen-bond donors (Lipinski definition) is 2. The van der Waals surface area contributed by atoms with E-state index in [-0.39, 0.29) is 0 Å². The van der Waals surface area contributed by atoms with Gasteiger partial charge in [0.1, 0.15) is 5.75 Å². The lowest BCUT2D eigenvalue weighted by Gasteiger charge is -2.27. The molecule has 1 aromatic rings. The third-order valence-electron chi connectivity index (χ3n) is 2.19. The number of anilines is 1. The summed E-state index contributed by atoms with van der Waals surface area (Å²) >= 11 is 0. The summed E-state index contributed by atoms with van der Waals surface area (Å²) < 4.78 is 86.6. The number of alkyl halides is 7. The van der Waals surface area contributed by atoms with Gasteiger partial charge < -0.3 is 10.4 Å². The van der Waals surface area contributed by atoms with Gasteiger partial charge in [-0.25, -0.2) is 0 Å². The third kappa shape index (κ3) is 2.63. The first kappa shape index (κ1) is 16.1. The molecule has 0 spiro atoms. The molecule has 112 valence electrons. The van der Waals surface area contributed by atoms with Crippen LogP contribution in [0.5, 0.6) is 5.75 Å². The molecular weight excluding hydrogens is 299 g/mol. The summed E-state index contributed by atoms with van der Waals surface area (Å²) in [4.78, 5) is 10.9. The second-order valence-corrected chi connectivity index (χ2v) is 3.62. The molecule has 0 aliphatic carbocycles. The summed E-state index contributed by atoms with van der Waals surface area (Å²) in [7, 11) is 0. The maximum Gasteiger partial charge on any atom is 0.460 e. The number of rotatable bonds is 3. The van der Waals surface area contributed by atoms with Crippen LogP contribution >= 0.6 is 0 Å². The van der Waals surface area contributed by atoms with Crippen molar-refractivity contribution in [3.63, 3.8) is 0 Å². The number of phenolic OH excluding ortho intramolecular Hbond substituents is 1. The van der Waals surface area contributed by atoms with Crippen molar-refractivity contribution in [2.24, 2.45) is 0 Å². The first-order valence-corrected chi connectivity index (χ1v) is 4.83. The van der Waals surface area contributed by atoms with E-state index >= 15 is 0 Å². The molecule has 0 bridgehead atoms. The molecule has 0 aliphatic heterocycles. The Kier molecular flexibility index (Phi) is 3.88. The fraction of sp³-hybridized carbons (Fsp3) is 0.300. The fourth-order valence-electron chi connectivity index (χ4n) is 1.10. The molecule has 1 rings (SSSR count). The van der Waals surface area contributed by atoms with Crippen LogP contribution in [-0.2, 0) is 4.79 Å². The van der Waals surface area contributed by atoms with Gasteiger partial charge in [-0.1, -0.05) is 12.1 Å². The summed E-state index contributed by atoms with van der Waals surface area (Å²) in [6, 6.07) is 4.10. The van der Waals surface area contributed by atoms with Gasteiger partial charge in [0.25, 0.3) is 0 Å². The van der Waals surface area contributed by atoms with E-state index in [2.05, 4.69) is 0 Å². The summed E-state index contributed by atoms with van der Waals surface area (Å²) in [5, 5.41) is 10.2. The van der Waals surface area contributed by atoms with E-state index in [1.807, 2.05) is 0 Å². The van der Waals surface area contributed by atoms with Crippen molar-refractivity contribution in [2.45, 2.75) is 18.0 Å². The molecule has 0 heterocycles. The zero-order valence-corrected chi connectivity index (χ0v) is 9.31. The van der Waals surface area contributed by atoms with Gasteiger partial charge in [0.15, 0.2) is 0 Å². The SMILES string of the molecule is O=C(Nc1ccccc1O)C(F)(F)C(F)(F)C(F)(F)F. The average Bonchev–Trinajstić information content (AvgIpc) is 2.30. The van der Waals surface area contributed by atoms with Crippen molar-refractivity contribution in [3.05, 3.63) is 24.3 Å². The molecule has 3 nitrogen and oxygen atoms in total. The van der Waals surface area contributed by atoms with E-state index < -0.39 is 35.4 Å².